The Labute approximate surface area is 236 Å². The molecule has 3 saturated heterocycles. The molecule has 6 atom stereocenters. The van der Waals surface area contributed by atoms with Crippen molar-refractivity contribution in [3.63, 3.8) is 0 Å². The second-order valence-electron chi connectivity index (χ2n) is 13.4. The Bertz CT molecular complexity index is 967. The van der Waals surface area contributed by atoms with Crippen molar-refractivity contribution >= 4 is 11.6 Å². The third-order valence-electron chi connectivity index (χ3n) is 10.5. The summed E-state index contributed by atoms with van der Waals surface area (Å²) in [4.78, 5) is 18.9. The van der Waals surface area contributed by atoms with E-state index in [9.17, 15) is 4.79 Å². The second-order valence-corrected chi connectivity index (χ2v) is 13.4. The van der Waals surface area contributed by atoms with Crippen molar-refractivity contribution in [2.45, 2.75) is 89.4 Å². The number of hydrogen-bond acceptors (Lipinski definition) is 6. The normalized spacial score (nSPS) is 32.8. The first-order chi connectivity index (χ1) is 19.0. The minimum Gasteiger partial charge on any atom is -0.373 e. The summed E-state index contributed by atoms with van der Waals surface area (Å²) in [5.41, 5.74) is 3.66. The lowest BCUT2D eigenvalue weighted by atomic mass is 9.83. The zero-order valence-electron chi connectivity index (χ0n) is 24.4. The molecule has 5 aliphatic rings. The Hall–Kier alpha value is -1.67. The van der Waals surface area contributed by atoms with Crippen LogP contribution in [0.2, 0.25) is 0 Å². The van der Waals surface area contributed by atoms with E-state index in [0.717, 1.165) is 24.6 Å². The standard InChI is InChI=1S/C32H52N6O/c1-22-6-3-9-26-19-28(35-29(22)26)32(39)36-31(25-10-11-25)30-23(2)18-27(21-34-30)38-16-14-37(15-17-38)13-5-8-24-7-4-12-33-20-24/h3,6,9,23-25,27-28,30-31,33-35H,4-5,7-8,10-21H2,1-2H3,(H,36,39). The van der Waals surface area contributed by atoms with Crippen LogP contribution in [-0.4, -0.2) is 92.2 Å². The van der Waals surface area contributed by atoms with Gasteiger partial charge in [0.1, 0.15) is 6.04 Å². The highest BCUT2D eigenvalue weighted by molar-refractivity contribution is 5.88. The van der Waals surface area contributed by atoms with E-state index in [1.54, 1.807) is 0 Å². The summed E-state index contributed by atoms with van der Waals surface area (Å²) >= 11 is 0. The molecule has 1 amide bonds. The van der Waals surface area contributed by atoms with Gasteiger partial charge < -0.3 is 26.2 Å². The summed E-state index contributed by atoms with van der Waals surface area (Å²) in [6.45, 7) is 14.1. The summed E-state index contributed by atoms with van der Waals surface area (Å²) in [5, 5.41) is 14.6. The van der Waals surface area contributed by atoms with Gasteiger partial charge in [-0.2, -0.15) is 0 Å². The lowest BCUT2D eigenvalue weighted by Crippen LogP contribution is -2.63. The fourth-order valence-corrected chi connectivity index (χ4v) is 7.95. The van der Waals surface area contributed by atoms with Gasteiger partial charge in [0, 0.05) is 63.0 Å². The Morgan fingerprint density at radius 3 is 2.69 bits per heavy atom. The van der Waals surface area contributed by atoms with E-state index >= 15 is 0 Å². The van der Waals surface area contributed by atoms with Gasteiger partial charge in [-0.1, -0.05) is 25.1 Å². The Balaban J connectivity index is 0.952. The monoisotopic (exact) mass is 536 g/mol. The average molecular weight is 537 g/mol. The van der Waals surface area contributed by atoms with Crippen molar-refractivity contribution in [2.24, 2.45) is 17.8 Å². The SMILES string of the molecule is Cc1cccc2c1NC(C(=O)NC(C1CC1)C1NCC(N3CCN(CCCC4CCCNC4)CC3)CC1C)C2. The molecule has 1 aromatic rings. The number of benzene rings is 1. The van der Waals surface area contributed by atoms with E-state index in [4.69, 9.17) is 0 Å². The third kappa shape index (κ3) is 6.64. The molecule has 6 unspecified atom stereocenters. The second kappa shape index (κ2) is 12.5. The highest BCUT2D eigenvalue weighted by atomic mass is 16.2. The number of nitrogens with zero attached hydrogens (tertiary/aromatic N) is 2. The van der Waals surface area contributed by atoms with Crippen LogP contribution in [0.3, 0.4) is 0 Å². The molecule has 1 aliphatic carbocycles. The molecule has 7 heteroatoms. The van der Waals surface area contributed by atoms with Crippen molar-refractivity contribution < 1.29 is 4.79 Å². The van der Waals surface area contributed by atoms with Crippen LogP contribution in [0.5, 0.6) is 0 Å². The maximum atomic E-state index is 13.4. The largest absolute Gasteiger partial charge is 0.373 e. The summed E-state index contributed by atoms with van der Waals surface area (Å²) in [7, 11) is 0. The van der Waals surface area contributed by atoms with Crippen molar-refractivity contribution in [3.8, 4) is 0 Å². The van der Waals surface area contributed by atoms with E-state index in [1.165, 1.54) is 102 Å². The zero-order valence-corrected chi connectivity index (χ0v) is 24.4. The molecule has 39 heavy (non-hydrogen) atoms. The van der Waals surface area contributed by atoms with Crippen LogP contribution < -0.4 is 21.3 Å². The molecule has 4 heterocycles. The van der Waals surface area contributed by atoms with Crippen LogP contribution in [0.25, 0.3) is 0 Å². The smallest absolute Gasteiger partial charge is 0.243 e. The van der Waals surface area contributed by atoms with E-state index in [-0.39, 0.29) is 18.0 Å². The van der Waals surface area contributed by atoms with E-state index in [1.807, 2.05) is 0 Å². The molecule has 1 saturated carbocycles. The topological polar surface area (TPSA) is 71.7 Å². The van der Waals surface area contributed by atoms with E-state index in [2.05, 4.69) is 63.1 Å². The Morgan fingerprint density at radius 2 is 1.97 bits per heavy atom. The molecule has 4 N–H and O–H groups in total. The maximum Gasteiger partial charge on any atom is 0.243 e. The van der Waals surface area contributed by atoms with Gasteiger partial charge in [0.2, 0.25) is 5.91 Å². The van der Waals surface area contributed by atoms with E-state index < -0.39 is 0 Å². The van der Waals surface area contributed by atoms with E-state index in [0.29, 0.717) is 23.9 Å². The molecule has 4 aliphatic heterocycles. The van der Waals surface area contributed by atoms with Gasteiger partial charge in [0.15, 0.2) is 0 Å². The lowest BCUT2D eigenvalue weighted by Gasteiger charge is -2.46. The zero-order chi connectivity index (χ0) is 26.8. The number of aryl methyl sites for hydroxylation is 1. The quantitative estimate of drug-likeness (QED) is 0.389. The first kappa shape index (κ1) is 27.5. The number of hydrogen-bond donors (Lipinski definition) is 4. The number of piperidine rings is 2. The van der Waals surface area contributed by atoms with Crippen LogP contribution in [0.4, 0.5) is 5.69 Å². The molecule has 0 spiro atoms. The van der Waals surface area contributed by atoms with Gasteiger partial charge in [0.05, 0.1) is 0 Å². The van der Waals surface area contributed by atoms with Crippen molar-refractivity contribution in [1.29, 1.82) is 0 Å². The number of nitrogens with one attached hydrogen (secondary N) is 4. The van der Waals surface area contributed by atoms with Gasteiger partial charge in [-0.15, -0.1) is 0 Å². The van der Waals surface area contributed by atoms with Crippen LogP contribution in [0.1, 0.15) is 63.0 Å². The molecule has 0 aromatic heterocycles. The molecule has 6 rings (SSSR count). The number of para-hydroxylation sites is 1. The van der Waals surface area contributed by atoms with Gasteiger partial charge in [0.25, 0.3) is 0 Å². The number of carbonyl (C=O) groups excluding carboxylic acids is 1. The lowest BCUT2D eigenvalue weighted by molar-refractivity contribution is -0.123. The van der Waals surface area contributed by atoms with Crippen molar-refractivity contribution in [2.75, 3.05) is 57.7 Å². The molecule has 216 valence electrons. The Kier molecular flexibility index (Phi) is 8.78. The summed E-state index contributed by atoms with van der Waals surface area (Å²) in [6, 6.07) is 7.47. The number of amides is 1. The number of piperazine rings is 1. The van der Waals surface area contributed by atoms with Crippen LogP contribution >= 0.6 is 0 Å². The maximum absolute atomic E-state index is 13.4. The van der Waals surface area contributed by atoms with Crippen LogP contribution in [0, 0.1) is 24.7 Å². The van der Waals surface area contributed by atoms with Crippen molar-refractivity contribution in [3.05, 3.63) is 29.3 Å². The minimum absolute atomic E-state index is 0.148. The van der Waals surface area contributed by atoms with Gasteiger partial charge >= 0.3 is 0 Å². The molecule has 0 bridgehead atoms. The first-order valence-electron chi connectivity index (χ1n) is 16.1. The fourth-order valence-electron chi connectivity index (χ4n) is 7.95. The number of carbonyl (C=O) groups is 1. The molecule has 1 aromatic carbocycles. The third-order valence-corrected chi connectivity index (χ3v) is 10.5. The number of anilines is 1. The molecular formula is C32H52N6O. The van der Waals surface area contributed by atoms with Crippen molar-refractivity contribution in [1.82, 2.24) is 25.8 Å². The Morgan fingerprint density at radius 1 is 1.13 bits per heavy atom. The predicted molar refractivity (Wildman–Crippen MR) is 159 cm³/mol. The number of fused-ring (bicyclic) bond motifs is 1. The van der Waals surface area contributed by atoms with Gasteiger partial charge in [-0.25, -0.2) is 0 Å². The van der Waals surface area contributed by atoms with Gasteiger partial charge in [-0.05, 0) is 100 Å². The summed E-state index contributed by atoms with van der Waals surface area (Å²) < 4.78 is 0. The predicted octanol–water partition coefficient (Wildman–Crippen LogP) is 2.99. The molecule has 0 radical (unpaired) electrons. The van der Waals surface area contributed by atoms with Crippen LogP contribution in [-0.2, 0) is 11.2 Å². The first-order valence-corrected chi connectivity index (χ1v) is 16.1. The highest BCUT2D eigenvalue weighted by Crippen LogP contribution is 2.38. The van der Waals surface area contributed by atoms with Crippen LogP contribution in [0.15, 0.2) is 18.2 Å². The van der Waals surface area contributed by atoms with Gasteiger partial charge in [-0.3, -0.25) is 9.69 Å². The molecular weight excluding hydrogens is 484 g/mol. The summed E-state index contributed by atoms with van der Waals surface area (Å²) in [5.74, 6) is 2.27. The fraction of sp³-hybridized carbons (Fsp3) is 0.781. The summed E-state index contributed by atoms with van der Waals surface area (Å²) in [6.07, 6.45) is 10.0. The molecule has 7 nitrogen and oxygen atoms in total. The number of rotatable bonds is 9. The minimum atomic E-state index is -0.148. The molecule has 4 fully saturated rings. The average Bonchev–Trinajstić information content (AvgIpc) is 3.70. The highest BCUT2D eigenvalue weighted by Gasteiger charge is 2.44.